The van der Waals surface area contributed by atoms with Crippen LogP contribution < -0.4 is 10.6 Å². The maximum Gasteiger partial charge on any atom is 0.326 e. The Bertz CT molecular complexity index is 360. The van der Waals surface area contributed by atoms with Gasteiger partial charge in [0.25, 0.3) is 0 Å². The van der Waals surface area contributed by atoms with E-state index in [1.165, 1.54) is 0 Å². The van der Waals surface area contributed by atoms with Crippen LogP contribution >= 0.6 is 0 Å². The molecule has 2 amide bonds. The number of urea groups is 1. The maximum absolute atomic E-state index is 11.3. The Labute approximate surface area is 113 Å². The van der Waals surface area contributed by atoms with Crippen LogP contribution in [0.1, 0.15) is 19.3 Å². The average molecular weight is 294 g/mol. The number of hydrogen-bond acceptors (Lipinski definition) is 4. The van der Waals surface area contributed by atoms with E-state index in [2.05, 4.69) is 10.6 Å². The highest BCUT2D eigenvalue weighted by atomic mass is 32.2. The van der Waals surface area contributed by atoms with Crippen molar-refractivity contribution in [3.8, 4) is 0 Å². The molecule has 0 aromatic carbocycles. The molecule has 0 radical (unpaired) electrons. The van der Waals surface area contributed by atoms with Crippen molar-refractivity contribution < 1.29 is 28.8 Å². The van der Waals surface area contributed by atoms with Gasteiger partial charge in [0.2, 0.25) is 0 Å². The highest BCUT2D eigenvalue weighted by molar-refractivity contribution is 7.84. The number of amides is 2. The van der Waals surface area contributed by atoms with E-state index in [-0.39, 0.29) is 19.4 Å². The van der Waals surface area contributed by atoms with Gasteiger partial charge in [0.05, 0.1) is 0 Å². The largest absolute Gasteiger partial charge is 0.481 e. The lowest BCUT2D eigenvalue weighted by molar-refractivity contribution is -0.140. The van der Waals surface area contributed by atoms with Gasteiger partial charge in [-0.2, -0.15) is 0 Å². The third-order valence-electron chi connectivity index (χ3n) is 2.14. The fraction of sp³-hybridized carbons (Fsp3) is 0.700. The van der Waals surface area contributed by atoms with Crippen LogP contribution in [0.3, 0.4) is 0 Å². The molecule has 0 aliphatic carbocycles. The second-order valence-electron chi connectivity index (χ2n) is 3.85. The smallest absolute Gasteiger partial charge is 0.326 e. The normalized spacial score (nSPS) is 13.3. The number of hydrogen-bond donors (Lipinski definition) is 4. The second kappa shape index (κ2) is 9.31. The molecule has 110 valence electrons. The van der Waals surface area contributed by atoms with Crippen LogP contribution in [0.25, 0.3) is 0 Å². The zero-order chi connectivity index (χ0) is 14.8. The van der Waals surface area contributed by atoms with Crippen molar-refractivity contribution in [2.45, 2.75) is 25.3 Å². The Morgan fingerprint density at radius 2 is 1.89 bits per heavy atom. The number of carbonyl (C=O) groups is 3. The summed E-state index contributed by atoms with van der Waals surface area (Å²) >= 11 is 0. The van der Waals surface area contributed by atoms with Crippen LogP contribution in [0.5, 0.6) is 0 Å². The first-order chi connectivity index (χ1) is 8.82. The predicted octanol–water partition coefficient (Wildman–Crippen LogP) is -0.628. The van der Waals surface area contributed by atoms with Gasteiger partial charge in [0.1, 0.15) is 6.04 Å². The third kappa shape index (κ3) is 10.0. The minimum absolute atomic E-state index is 0.183. The van der Waals surface area contributed by atoms with Crippen molar-refractivity contribution in [1.29, 1.82) is 0 Å². The highest BCUT2D eigenvalue weighted by Gasteiger charge is 2.20. The summed E-state index contributed by atoms with van der Waals surface area (Å²) in [5.41, 5.74) is 0. The van der Waals surface area contributed by atoms with Crippen LogP contribution in [0.2, 0.25) is 0 Å². The fourth-order valence-corrected chi connectivity index (χ4v) is 1.76. The molecular weight excluding hydrogens is 276 g/mol. The van der Waals surface area contributed by atoms with Crippen molar-refractivity contribution in [1.82, 2.24) is 10.6 Å². The molecular formula is C10H18N2O6S. The predicted molar refractivity (Wildman–Crippen MR) is 68.4 cm³/mol. The molecule has 4 N–H and O–H groups in total. The van der Waals surface area contributed by atoms with Gasteiger partial charge in [-0.25, -0.2) is 9.59 Å². The van der Waals surface area contributed by atoms with Crippen LogP contribution in [-0.4, -0.2) is 57.0 Å². The standard InChI is InChI=1S/C10H18N2O6S/c1-19(18)6-2-5-11-10(17)12-7(9(15)16)3-4-8(13)14/h7H,2-6H2,1H3,(H,13,14)(H,15,16)(H2,11,12,17). The van der Waals surface area contributed by atoms with E-state index in [0.29, 0.717) is 12.2 Å². The average Bonchev–Trinajstić information content (AvgIpc) is 2.29. The van der Waals surface area contributed by atoms with Crippen LogP contribution in [0, 0.1) is 0 Å². The molecule has 2 unspecified atom stereocenters. The van der Waals surface area contributed by atoms with Crippen molar-refractivity contribution >= 4 is 28.8 Å². The first-order valence-electron chi connectivity index (χ1n) is 5.62. The van der Waals surface area contributed by atoms with Crippen LogP contribution in [0.4, 0.5) is 4.79 Å². The Hall–Kier alpha value is -1.64. The van der Waals surface area contributed by atoms with E-state index >= 15 is 0 Å². The van der Waals surface area contributed by atoms with Gasteiger partial charge in [0.15, 0.2) is 0 Å². The summed E-state index contributed by atoms with van der Waals surface area (Å²) in [6, 6.07) is -1.92. The molecule has 0 saturated carbocycles. The van der Waals surface area contributed by atoms with Gasteiger partial charge >= 0.3 is 18.0 Å². The molecule has 0 bridgehead atoms. The summed E-state index contributed by atoms with van der Waals surface area (Å²) in [7, 11) is -0.938. The lowest BCUT2D eigenvalue weighted by Crippen LogP contribution is -2.46. The lowest BCUT2D eigenvalue weighted by atomic mass is 10.1. The Kier molecular flexibility index (Phi) is 8.51. The van der Waals surface area contributed by atoms with Gasteiger partial charge in [-0.15, -0.1) is 0 Å². The Balaban J connectivity index is 3.99. The molecule has 8 nitrogen and oxygen atoms in total. The molecule has 0 aliphatic heterocycles. The molecule has 19 heavy (non-hydrogen) atoms. The topological polar surface area (TPSA) is 133 Å². The SMILES string of the molecule is CS(=O)CCCNC(=O)NC(CCC(=O)O)C(=O)O. The Morgan fingerprint density at radius 3 is 2.37 bits per heavy atom. The van der Waals surface area contributed by atoms with Gasteiger partial charge in [-0.05, 0) is 12.8 Å². The van der Waals surface area contributed by atoms with E-state index in [4.69, 9.17) is 10.2 Å². The number of carboxylic acids is 2. The number of aliphatic carboxylic acids is 2. The summed E-state index contributed by atoms with van der Waals surface area (Å²) in [6.45, 7) is 0.274. The molecule has 9 heteroatoms. The molecule has 0 aromatic rings. The minimum Gasteiger partial charge on any atom is -0.481 e. The molecule has 0 aromatic heterocycles. The number of carboxylic acid groups (broad SMARTS) is 2. The zero-order valence-corrected chi connectivity index (χ0v) is 11.4. The molecule has 0 heterocycles. The number of carbonyl (C=O) groups excluding carboxylic acids is 1. The minimum atomic E-state index is -1.29. The van der Waals surface area contributed by atoms with Crippen molar-refractivity contribution in [2.75, 3.05) is 18.6 Å². The van der Waals surface area contributed by atoms with Crippen LogP contribution in [0.15, 0.2) is 0 Å². The van der Waals surface area contributed by atoms with E-state index in [0.717, 1.165) is 0 Å². The summed E-state index contributed by atoms with van der Waals surface area (Å²) < 4.78 is 10.8. The van der Waals surface area contributed by atoms with E-state index in [1.54, 1.807) is 6.26 Å². The molecule has 0 saturated heterocycles. The molecule has 2 atom stereocenters. The van der Waals surface area contributed by atoms with E-state index < -0.39 is 34.8 Å². The molecule has 0 fully saturated rings. The number of rotatable bonds is 9. The zero-order valence-electron chi connectivity index (χ0n) is 10.5. The maximum atomic E-state index is 11.3. The van der Waals surface area contributed by atoms with Gasteiger partial charge in [0, 0.05) is 35.8 Å². The quantitative estimate of drug-likeness (QED) is 0.419. The monoisotopic (exact) mass is 294 g/mol. The first-order valence-corrected chi connectivity index (χ1v) is 7.34. The molecule has 0 rings (SSSR count). The van der Waals surface area contributed by atoms with Crippen LogP contribution in [-0.2, 0) is 20.4 Å². The third-order valence-corrected chi connectivity index (χ3v) is 3.01. The first kappa shape index (κ1) is 17.4. The van der Waals surface area contributed by atoms with Crippen molar-refractivity contribution in [3.63, 3.8) is 0 Å². The van der Waals surface area contributed by atoms with Gasteiger partial charge < -0.3 is 20.8 Å². The highest BCUT2D eigenvalue weighted by Crippen LogP contribution is 1.98. The Morgan fingerprint density at radius 1 is 1.26 bits per heavy atom. The summed E-state index contributed by atoms with van der Waals surface area (Å²) in [5, 5.41) is 21.8. The number of nitrogens with one attached hydrogen (secondary N) is 2. The van der Waals surface area contributed by atoms with Gasteiger partial charge in [-0.1, -0.05) is 0 Å². The molecule has 0 spiro atoms. The van der Waals surface area contributed by atoms with Crippen molar-refractivity contribution in [3.05, 3.63) is 0 Å². The summed E-state index contributed by atoms with van der Waals surface area (Å²) in [5.74, 6) is -1.97. The van der Waals surface area contributed by atoms with Gasteiger partial charge in [-0.3, -0.25) is 9.00 Å². The molecule has 0 aliphatic rings. The lowest BCUT2D eigenvalue weighted by Gasteiger charge is -2.14. The van der Waals surface area contributed by atoms with E-state index in [1.807, 2.05) is 0 Å². The summed E-state index contributed by atoms with van der Waals surface area (Å²) in [6.07, 6.45) is 1.54. The second-order valence-corrected chi connectivity index (χ2v) is 5.41. The summed E-state index contributed by atoms with van der Waals surface area (Å²) in [4.78, 5) is 32.5. The fourth-order valence-electron chi connectivity index (χ4n) is 1.21. The van der Waals surface area contributed by atoms with Crippen molar-refractivity contribution in [2.24, 2.45) is 0 Å². The van der Waals surface area contributed by atoms with E-state index in [9.17, 15) is 18.6 Å².